The molecule has 0 aliphatic heterocycles. The van der Waals surface area contributed by atoms with Crippen LogP contribution in [0.3, 0.4) is 0 Å². The minimum absolute atomic E-state index is 0.0242. The standard InChI is InChI=1S/C16H9BrO5/c17-10-3-1-2-8(6-10)15-14(19)13(18)11-7-9(16(20)21)4-5-12(11)22-15/h1-7,19H,(H,20,21). The van der Waals surface area contributed by atoms with Crippen LogP contribution in [0.25, 0.3) is 22.3 Å². The van der Waals surface area contributed by atoms with Crippen LogP contribution >= 0.6 is 15.9 Å². The van der Waals surface area contributed by atoms with E-state index < -0.39 is 17.1 Å². The first-order valence-electron chi connectivity index (χ1n) is 6.26. The highest BCUT2D eigenvalue weighted by molar-refractivity contribution is 9.10. The number of hydrogen-bond acceptors (Lipinski definition) is 4. The fraction of sp³-hybridized carbons (Fsp3) is 0. The molecule has 0 atom stereocenters. The van der Waals surface area contributed by atoms with E-state index >= 15 is 0 Å². The molecule has 0 radical (unpaired) electrons. The van der Waals surface area contributed by atoms with E-state index in [1.165, 1.54) is 18.2 Å². The van der Waals surface area contributed by atoms with Crippen LogP contribution < -0.4 is 5.43 Å². The number of aromatic hydroxyl groups is 1. The number of halogens is 1. The summed E-state index contributed by atoms with van der Waals surface area (Å²) in [7, 11) is 0. The third-order valence-corrected chi connectivity index (χ3v) is 3.69. The molecule has 3 aromatic rings. The second kappa shape index (κ2) is 5.31. The topological polar surface area (TPSA) is 87.7 Å². The summed E-state index contributed by atoms with van der Waals surface area (Å²) in [6, 6.07) is 10.9. The van der Waals surface area contributed by atoms with E-state index in [0.717, 1.165) is 4.47 Å². The van der Waals surface area contributed by atoms with Gasteiger partial charge >= 0.3 is 5.97 Å². The average Bonchev–Trinajstić information content (AvgIpc) is 2.50. The number of aromatic carboxylic acids is 1. The lowest BCUT2D eigenvalue weighted by Crippen LogP contribution is -2.05. The van der Waals surface area contributed by atoms with Gasteiger partial charge in [0.25, 0.3) is 0 Å². The third kappa shape index (κ3) is 2.37. The molecule has 0 unspecified atom stereocenters. The predicted octanol–water partition coefficient (Wildman–Crippen LogP) is 3.63. The lowest BCUT2D eigenvalue weighted by atomic mass is 10.1. The molecule has 1 aromatic heterocycles. The highest BCUT2D eigenvalue weighted by Gasteiger charge is 2.16. The van der Waals surface area contributed by atoms with Gasteiger partial charge in [0, 0.05) is 10.0 Å². The summed E-state index contributed by atoms with van der Waals surface area (Å²) in [6.45, 7) is 0. The van der Waals surface area contributed by atoms with Gasteiger partial charge in [-0.05, 0) is 30.3 Å². The molecule has 0 amide bonds. The Hall–Kier alpha value is -2.60. The van der Waals surface area contributed by atoms with Crippen molar-refractivity contribution in [3.8, 4) is 17.1 Å². The summed E-state index contributed by atoms with van der Waals surface area (Å²) in [5, 5.41) is 19.1. The van der Waals surface area contributed by atoms with Crippen LogP contribution in [0.2, 0.25) is 0 Å². The first-order valence-corrected chi connectivity index (χ1v) is 7.06. The molecular formula is C16H9BrO5. The Morgan fingerprint density at radius 3 is 2.59 bits per heavy atom. The lowest BCUT2D eigenvalue weighted by molar-refractivity contribution is 0.0697. The van der Waals surface area contributed by atoms with E-state index in [-0.39, 0.29) is 22.3 Å². The quantitative estimate of drug-likeness (QED) is 0.728. The van der Waals surface area contributed by atoms with Gasteiger partial charge in [-0.1, -0.05) is 28.1 Å². The summed E-state index contributed by atoms with van der Waals surface area (Å²) in [6.07, 6.45) is 0. The van der Waals surface area contributed by atoms with Gasteiger partial charge in [0.05, 0.1) is 10.9 Å². The second-order valence-corrected chi connectivity index (χ2v) is 5.55. The van der Waals surface area contributed by atoms with Gasteiger partial charge in [0.2, 0.25) is 11.2 Å². The summed E-state index contributed by atoms with van der Waals surface area (Å²) < 4.78 is 6.36. The summed E-state index contributed by atoms with van der Waals surface area (Å²) in [5.74, 6) is -1.66. The summed E-state index contributed by atoms with van der Waals surface area (Å²) in [5.41, 5.74) is 0.0321. The van der Waals surface area contributed by atoms with Gasteiger partial charge in [-0.2, -0.15) is 0 Å². The Kier molecular flexibility index (Phi) is 3.46. The van der Waals surface area contributed by atoms with E-state index in [4.69, 9.17) is 9.52 Å². The number of hydrogen-bond donors (Lipinski definition) is 2. The van der Waals surface area contributed by atoms with Crippen LogP contribution in [0, 0.1) is 0 Å². The molecule has 0 fully saturated rings. The Bertz CT molecular complexity index is 958. The van der Waals surface area contributed by atoms with Crippen molar-refractivity contribution in [2.24, 2.45) is 0 Å². The fourth-order valence-corrected chi connectivity index (χ4v) is 2.54. The van der Waals surface area contributed by atoms with Gasteiger partial charge < -0.3 is 14.6 Å². The number of carbonyl (C=O) groups is 1. The van der Waals surface area contributed by atoms with E-state index in [1.807, 2.05) is 0 Å². The zero-order valence-electron chi connectivity index (χ0n) is 11.0. The number of benzene rings is 2. The molecule has 0 aliphatic carbocycles. The molecule has 2 N–H and O–H groups in total. The van der Waals surface area contributed by atoms with Gasteiger partial charge in [-0.25, -0.2) is 4.79 Å². The van der Waals surface area contributed by atoms with Crippen LogP contribution in [0.1, 0.15) is 10.4 Å². The Balaban J connectivity index is 2.31. The minimum Gasteiger partial charge on any atom is -0.502 e. The van der Waals surface area contributed by atoms with Gasteiger partial charge in [0.1, 0.15) is 5.58 Å². The predicted molar refractivity (Wildman–Crippen MR) is 84.2 cm³/mol. The van der Waals surface area contributed by atoms with Gasteiger partial charge in [0.15, 0.2) is 5.76 Å². The van der Waals surface area contributed by atoms with E-state index in [1.54, 1.807) is 24.3 Å². The molecule has 0 saturated carbocycles. The average molecular weight is 361 g/mol. The minimum atomic E-state index is -1.16. The van der Waals surface area contributed by atoms with Crippen LogP contribution in [-0.2, 0) is 0 Å². The first-order chi connectivity index (χ1) is 10.5. The Labute approximate surface area is 132 Å². The molecule has 1 heterocycles. The molecule has 0 aliphatic rings. The highest BCUT2D eigenvalue weighted by atomic mass is 79.9. The molecule has 22 heavy (non-hydrogen) atoms. The molecule has 3 rings (SSSR count). The summed E-state index contributed by atoms with van der Waals surface area (Å²) in [4.78, 5) is 23.2. The fourth-order valence-electron chi connectivity index (χ4n) is 2.14. The van der Waals surface area contributed by atoms with Gasteiger partial charge in [-0.3, -0.25) is 4.79 Å². The molecule has 0 spiro atoms. The van der Waals surface area contributed by atoms with Crippen molar-refractivity contribution in [2.75, 3.05) is 0 Å². The smallest absolute Gasteiger partial charge is 0.335 e. The molecule has 0 bridgehead atoms. The van der Waals surface area contributed by atoms with Crippen molar-refractivity contribution >= 4 is 32.9 Å². The Morgan fingerprint density at radius 1 is 1.14 bits per heavy atom. The largest absolute Gasteiger partial charge is 0.502 e. The maximum Gasteiger partial charge on any atom is 0.335 e. The number of carboxylic acids is 1. The maximum atomic E-state index is 12.3. The first kappa shape index (κ1) is 14.3. The van der Waals surface area contributed by atoms with Crippen molar-refractivity contribution in [2.45, 2.75) is 0 Å². The van der Waals surface area contributed by atoms with Gasteiger partial charge in [-0.15, -0.1) is 0 Å². The third-order valence-electron chi connectivity index (χ3n) is 3.20. The molecule has 6 heteroatoms. The maximum absolute atomic E-state index is 12.3. The van der Waals surface area contributed by atoms with Crippen molar-refractivity contribution < 1.29 is 19.4 Å². The zero-order chi connectivity index (χ0) is 15.9. The van der Waals surface area contributed by atoms with E-state index in [0.29, 0.717) is 5.56 Å². The van der Waals surface area contributed by atoms with E-state index in [9.17, 15) is 14.7 Å². The highest BCUT2D eigenvalue weighted by Crippen LogP contribution is 2.31. The second-order valence-electron chi connectivity index (χ2n) is 4.64. The van der Waals surface area contributed by atoms with E-state index in [2.05, 4.69) is 15.9 Å². The SMILES string of the molecule is O=C(O)c1ccc2oc(-c3cccc(Br)c3)c(O)c(=O)c2c1. The monoisotopic (exact) mass is 360 g/mol. The van der Waals surface area contributed by atoms with Crippen LogP contribution in [0.15, 0.2) is 56.1 Å². The molecular weight excluding hydrogens is 352 g/mol. The molecule has 2 aromatic carbocycles. The van der Waals surface area contributed by atoms with Crippen molar-refractivity contribution in [1.29, 1.82) is 0 Å². The summed E-state index contributed by atoms with van der Waals surface area (Å²) >= 11 is 3.31. The molecule has 5 nitrogen and oxygen atoms in total. The van der Waals surface area contributed by atoms with Crippen molar-refractivity contribution in [3.05, 3.63) is 62.7 Å². The molecule has 0 saturated heterocycles. The van der Waals surface area contributed by atoms with Crippen LogP contribution in [0.5, 0.6) is 5.75 Å². The molecule has 110 valence electrons. The van der Waals surface area contributed by atoms with Crippen LogP contribution in [0.4, 0.5) is 0 Å². The zero-order valence-corrected chi connectivity index (χ0v) is 12.6. The number of carboxylic acid groups (broad SMARTS) is 1. The lowest BCUT2D eigenvalue weighted by Gasteiger charge is -2.07. The number of rotatable bonds is 2. The van der Waals surface area contributed by atoms with Crippen molar-refractivity contribution in [1.82, 2.24) is 0 Å². The van der Waals surface area contributed by atoms with Crippen LogP contribution in [-0.4, -0.2) is 16.2 Å². The number of fused-ring (bicyclic) bond motifs is 1. The Morgan fingerprint density at radius 2 is 1.91 bits per heavy atom. The van der Waals surface area contributed by atoms with Crippen molar-refractivity contribution in [3.63, 3.8) is 0 Å². The normalized spacial score (nSPS) is 10.8.